The maximum atomic E-state index is 9.84. The highest BCUT2D eigenvalue weighted by Gasteiger charge is 1.93. The first-order valence-electron chi connectivity index (χ1n) is 2.26. The van der Waals surface area contributed by atoms with Crippen LogP contribution < -0.4 is 0 Å². The van der Waals surface area contributed by atoms with Gasteiger partial charge in [0.1, 0.15) is 12.6 Å². The van der Waals surface area contributed by atoms with Gasteiger partial charge in [-0.15, -0.1) is 0 Å². The minimum absolute atomic E-state index is 0.467. The van der Waals surface area contributed by atoms with Crippen molar-refractivity contribution in [2.24, 2.45) is 0 Å². The average Bonchev–Trinajstić information content (AvgIpc) is 2.34. The normalized spacial score (nSPS) is 9.33. The highest BCUT2D eigenvalue weighted by molar-refractivity contribution is 8.01. The van der Waals surface area contributed by atoms with Gasteiger partial charge in [-0.05, 0) is 11.5 Å². The summed E-state index contributed by atoms with van der Waals surface area (Å²) in [5, 5.41) is 0. The highest BCUT2D eigenvalue weighted by atomic mass is 32.2. The Morgan fingerprint density at radius 1 is 1.89 bits per heavy atom. The molecule has 0 saturated carbocycles. The van der Waals surface area contributed by atoms with E-state index in [-0.39, 0.29) is 0 Å². The maximum Gasteiger partial charge on any atom is 0.170 e. The third-order valence-corrected chi connectivity index (χ3v) is 2.31. The summed E-state index contributed by atoms with van der Waals surface area (Å²) < 4.78 is 4.62. The SMILES string of the molecule is O=CCSc1ncns1. The van der Waals surface area contributed by atoms with E-state index in [4.69, 9.17) is 0 Å². The van der Waals surface area contributed by atoms with Crippen LogP contribution in [0.15, 0.2) is 10.7 Å². The predicted octanol–water partition coefficient (Wildman–Crippen LogP) is 0.829. The Hall–Kier alpha value is -0.420. The Labute approximate surface area is 60.7 Å². The van der Waals surface area contributed by atoms with Crippen LogP contribution in [0.1, 0.15) is 0 Å². The molecule has 0 amide bonds. The van der Waals surface area contributed by atoms with E-state index < -0.39 is 0 Å². The number of aromatic nitrogens is 2. The number of aldehydes is 1. The number of thioether (sulfide) groups is 1. The van der Waals surface area contributed by atoms with Gasteiger partial charge >= 0.3 is 0 Å². The van der Waals surface area contributed by atoms with Gasteiger partial charge in [-0.25, -0.2) is 4.98 Å². The zero-order chi connectivity index (χ0) is 6.53. The van der Waals surface area contributed by atoms with E-state index in [9.17, 15) is 4.79 Å². The largest absolute Gasteiger partial charge is 0.302 e. The fourth-order valence-electron chi connectivity index (χ4n) is 0.332. The van der Waals surface area contributed by atoms with Gasteiger partial charge in [-0.1, -0.05) is 11.8 Å². The lowest BCUT2D eigenvalue weighted by molar-refractivity contribution is -0.105. The molecule has 0 saturated heterocycles. The molecule has 0 aliphatic heterocycles. The quantitative estimate of drug-likeness (QED) is 0.485. The molecule has 1 aromatic heterocycles. The van der Waals surface area contributed by atoms with E-state index in [0.717, 1.165) is 10.6 Å². The minimum atomic E-state index is 0.467. The molecule has 3 nitrogen and oxygen atoms in total. The molecule has 0 aliphatic rings. The van der Waals surface area contributed by atoms with Crippen molar-refractivity contribution in [3.8, 4) is 0 Å². The Kier molecular flexibility index (Phi) is 2.66. The van der Waals surface area contributed by atoms with Gasteiger partial charge in [0.2, 0.25) is 0 Å². The summed E-state index contributed by atoms with van der Waals surface area (Å²) in [6, 6.07) is 0. The van der Waals surface area contributed by atoms with Crippen LogP contribution in [0.3, 0.4) is 0 Å². The lowest BCUT2D eigenvalue weighted by Crippen LogP contribution is -1.75. The van der Waals surface area contributed by atoms with Gasteiger partial charge in [-0.2, -0.15) is 4.37 Å². The van der Waals surface area contributed by atoms with Crippen LogP contribution in [-0.2, 0) is 4.79 Å². The molecular weight excluding hydrogens is 156 g/mol. The lowest BCUT2D eigenvalue weighted by Gasteiger charge is -1.82. The summed E-state index contributed by atoms with van der Waals surface area (Å²) in [6.07, 6.45) is 2.34. The molecule has 0 spiro atoms. The van der Waals surface area contributed by atoms with E-state index >= 15 is 0 Å². The third kappa shape index (κ3) is 2.11. The Bertz CT molecular complexity index is 175. The summed E-state index contributed by atoms with van der Waals surface area (Å²) >= 11 is 2.71. The Morgan fingerprint density at radius 2 is 2.78 bits per heavy atom. The van der Waals surface area contributed by atoms with Crippen molar-refractivity contribution in [1.82, 2.24) is 9.36 Å². The molecule has 1 heterocycles. The van der Waals surface area contributed by atoms with Gasteiger partial charge in [-0.3, -0.25) is 0 Å². The molecular formula is C4H4N2OS2. The zero-order valence-electron chi connectivity index (χ0n) is 4.48. The van der Waals surface area contributed by atoms with Crippen molar-refractivity contribution in [3.63, 3.8) is 0 Å². The number of hydrogen-bond donors (Lipinski definition) is 0. The molecule has 0 aliphatic carbocycles. The Balaban J connectivity index is 2.38. The molecule has 9 heavy (non-hydrogen) atoms. The fraction of sp³-hybridized carbons (Fsp3) is 0.250. The van der Waals surface area contributed by atoms with E-state index in [0.29, 0.717) is 5.75 Å². The van der Waals surface area contributed by atoms with Gasteiger partial charge in [0.15, 0.2) is 4.34 Å². The first-order chi connectivity index (χ1) is 4.43. The maximum absolute atomic E-state index is 9.84. The highest BCUT2D eigenvalue weighted by Crippen LogP contribution is 2.16. The first kappa shape index (κ1) is 6.70. The van der Waals surface area contributed by atoms with Crippen molar-refractivity contribution in [2.75, 3.05) is 5.75 Å². The average molecular weight is 160 g/mol. The van der Waals surface area contributed by atoms with Crippen molar-refractivity contribution < 1.29 is 4.79 Å². The second-order valence-electron chi connectivity index (χ2n) is 1.18. The molecule has 48 valence electrons. The van der Waals surface area contributed by atoms with Gasteiger partial charge in [0, 0.05) is 0 Å². The van der Waals surface area contributed by atoms with Crippen LogP contribution in [0, 0.1) is 0 Å². The molecule has 1 aromatic rings. The van der Waals surface area contributed by atoms with Crippen LogP contribution in [0.5, 0.6) is 0 Å². The van der Waals surface area contributed by atoms with Crippen molar-refractivity contribution >= 4 is 29.6 Å². The molecule has 0 radical (unpaired) electrons. The van der Waals surface area contributed by atoms with Crippen molar-refractivity contribution in [2.45, 2.75) is 4.34 Å². The van der Waals surface area contributed by atoms with Crippen molar-refractivity contribution in [3.05, 3.63) is 6.33 Å². The predicted molar refractivity (Wildman–Crippen MR) is 36.7 cm³/mol. The first-order valence-corrected chi connectivity index (χ1v) is 4.02. The van der Waals surface area contributed by atoms with E-state index in [1.54, 1.807) is 0 Å². The third-order valence-electron chi connectivity index (χ3n) is 0.616. The van der Waals surface area contributed by atoms with Gasteiger partial charge < -0.3 is 4.79 Å². The summed E-state index contributed by atoms with van der Waals surface area (Å²) in [5.41, 5.74) is 0. The van der Waals surface area contributed by atoms with E-state index in [1.807, 2.05) is 0 Å². The second-order valence-corrected chi connectivity index (χ2v) is 3.23. The van der Waals surface area contributed by atoms with Crippen molar-refractivity contribution in [1.29, 1.82) is 0 Å². The molecule has 5 heteroatoms. The van der Waals surface area contributed by atoms with Crippen LogP contribution in [-0.4, -0.2) is 21.4 Å². The topological polar surface area (TPSA) is 42.9 Å². The standard InChI is InChI=1S/C4H4N2OS2/c7-1-2-8-4-5-3-6-9-4/h1,3H,2H2. The molecule has 0 fully saturated rings. The number of carbonyl (C=O) groups is 1. The van der Waals surface area contributed by atoms with Gasteiger partial charge in [0.05, 0.1) is 5.75 Å². The van der Waals surface area contributed by atoms with Crippen LogP contribution in [0.4, 0.5) is 0 Å². The summed E-state index contributed by atoms with van der Waals surface area (Å²) in [4.78, 5) is 13.7. The van der Waals surface area contributed by atoms with Gasteiger partial charge in [0.25, 0.3) is 0 Å². The monoisotopic (exact) mass is 160 g/mol. The van der Waals surface area contributed by atoms with Crippen LogP contribution in [0.25, 0.3) is 0 Å². The molecule has 0 N–H and O–H groups in total. The molecule has 0 unspecified atom stereocenters. The summed E-state index contributed by atoms with van der Waals surface area (Å²) in [6.45, 7) is 0. The zero-order valence-corrected chi connectivity index (χ0v) is 6.11. The van der Waals surface area contributed by atoms with E-state index in [2.05, 4.69) is 9.36 Å². The number of rotatable bonds is 3. The molecule has 0 aromatic carbocycles. The molecule has 1 rings (SSSR count). The summed E-state index contributed by atoms with van der Waals surface area (Å²) in [7, 11) is 0. The summed E-state index contributed by atoms with van der Waals surface area (Å²) in [5.74, 6) is 0.467. The fourth-order valence-corrected chi connectivity index (χ4v) is 1.49. The smallest absolute Gasteiger partial charge is 0.170 e. The molecule has 0 atom stereocenters. The lowest BCUT2D eigenvalue weighted by atomic mass is 10.9. The minimum Gasteiger partial charge on any atom is -0.302 e. The Morgan fingerprint density at radius 3 is 3.33 bits per heavy atom. The van der Waals surface area contributed by atoms with E-state index in [1.165, 1.54) is 29.6 Å². The number of carbonyl (C=O) groups excluding carboxylic acids is 1. The number of nitrogens with zero attached hydrogens (tertiary/aromatic N) is 2. The van der Waals surface area contributed by atoms with Crippen LogP contribution in [0.2, 0.25) is 0 Å². The number of hydrogen-bond acceptors (Lipinski definition) is 5. The second kappa shape index (κ2) is 3.58. The van der Waals surface area contributed by atoms with Crippen LogP contribution >= 0.6 is 23.3 Å². The molecule has 0 bridgehead atoms.